The number of anilines is 1. The molecule has 106 valence electrons. The van der Waals surface area contributed by atoms with E-state index in [1.54, 1.807) is 6.07 Å². The lowest BCUT2D eigenvalue weighted by Crippen LogP contribution is -2.32. The van der Waals surface area contributed by atoms with Crippen LogP contribution in [0, 0.1) is 11.7 Å². The summed E-state index contributed by atoms with van der Waals surface area (Å²) in [5, 5.41) is 3.30. The second-order valence-corrected chi connectivity index (χ2v) is 5.60. The molecule has 1 saturated carbocycles. The Morgan fingerprint density at radius 2 is 2.16 bits per heavy atom. The van der Waals surface area contributed by atoms with E-state index >= 15 is 0 Å². The maximum Gasteiger partial charge on any atom is 0.129 e. The normalized spacial score (nSPS) is 16.4. The Morgan fingerprint density at radius 1 is 1.42 bits per heavy atom. The van der Waals surface area contributed by atoms with Gasteiger partial charge in [0, 0.05) is 30.9 Å². The van der Waals surface area contributed by atoms with Crippen molar-refractivity contribution in [3.05, 3.63) is 29.6 Å². The molecule has 3 heteroatoms. The van der Waals surface area contributed by atoms with Gasteiger partial charge in [-0.1, -0.05) is 13.0 Å². The van der Waals surface area contributed by atoms with Crippen LogP contribution in [-0.2, 0) is 6.54 Å². The Labute approximate surface area is 116 Å². The maximum atomic E-state index is 14.1. The van der Waals surface area contributed by atoms with Crippen LogP contribution in [0.2, 0.25) is 0 Å². The first kappa shape index (κ1) is 14.3. The van der Waals surface area contributed by atoms with E-state index in [1.165, 1.54) is 12.8 Å². The van der Waals surface area contributed by atoms with E-state index in [0.717, 1.165) is 30.1 Å². The van der Waals surface area contributed by atoms with Gasteiger partial charge >= 0.3 is 0 Å². The summed E-state index contributed by atoms with van der Waals surface area (Å²) in [6.07, 6.45) is 3.69. The van der Waals surface area contributed by atoms with E-state index in [4.69, 9.17) is 0 Å². The molecule has 0 bridgehead atoms. The minimum atomic E-state index is -0.101. The van der Waals surface area contributed by atoms with Gasteiger partial charge in [-0.05, 0) is 50.8 Å². The van der Waals surface area contributed by atoms with Crippen molar-refractivity contribution in [2.75, 3.05) is 18.5 Å². The molecule has 1 unspecified atom stereocenters. The summed E-state index contributed by atoms with van der Waals surface area (Å²) in [6.45, 7) is 5.90. The standard InChI is InChI=1S/C16H25FN2/c1-4-10-18-11-14-15(17)6-5-7-16(14)19(3)12(2)13-8-9-13/h5-7,12-13,18H,4,8-11H2,1-3H3. The molecule has 0 spiro atoms. The summed E-state index contributed by atoms with van der Waals surface area (Å²) in [5.41, 5.74) is 1.83. The first-order valence-corrected chi connectivity index (χ1v) is 7.36. The SMILES string of the molecule is CCCNCc1c(F)cccc1N(C)C(C)C1CC1. The first-order valence-electron chi connectivity index (χ1n) is 7.36. The van der Waals surface area contributed by atoms with Crippen molar-refractivity contribution in [3.63, 3.8) is 0 Å². The van der Waals surface area contributed by atoms with Gasteiger partial charge in [0.1, 0.15) is 5.82 Å². The molecule has 19 heavy (non-hydrogen) atoms. The molecule has 1 N–H and O–H groups in total. The van der Waals surface area contributed by atoms with Crippen molar-refractivity contribution >= 4 is 5.69 Å². The van der Waals surface area contributed by atoms with Crippen LogP contribution >= 0.6 is 0 Å². The average molecular weight is 264 g/mol. The summed E-state index contributed by atoms with van der Waals surface area (Å²) >= 11 is 0. The van der Waals surface area contributed by atoms with Gasteiger partial charge in [-0.15, -0.1) is 0 Å². The van der Waals surface area contributed by atoms with Crippen molar-refractivity contribution in [2.45, 2.75) is 45.7 Å². The van der Waals surface area contributed by atoms with Gasteiger partial charge in [0.15, 0.2) is 0 Å². The highest BCUT2D eigenvalue weighted by molar-refractivity contribution is 5.54. The second kappa shape index (κ2) is 6.38. The van der Waals surface area contributed by atoms with E-state index in [0.29, 0.717) is 12.6 Å². The third kappa shape index (κ3) is 3.47. The van der Waals surface area contributed by atoms with E-state index in [9.17, 15) is 4.39 Å². The van der Waals surface area contributed by atoms with Crippen LogP contribution < -0.4 is 10.2 Å². The number of hydrogen-bond donors (Lipinski definition) is 1. The van der Waals surface area contributed by atoms with Crippen LogP contribution in [0.3, 0.4) is 0 Å². The van der Waals surface area contributed by atoms with Crippen LogP contribution in [0.5, 0.6) is 0 Å². The van der Waals surface area contributed by atoms with Gasteiger partial charge in [-0.3, -0.25) is 0 Å². The molecule has 0 saturated heterocycles. The molecule has 1 fully saturated rings. The van der Waals surface area contributed by atoms with Crippen molar-refractivity contribution in [2.24, 2.45) is 5.92 Å². The van der Waals surface area contributed by atoms with Crippen LogP contribution in [0.15, 0.2) is 18.2 Å². The Hall–Kier alpha value is -1.09. The summed E-state index contributed by atoms with van der Waals surface area (Å²) in [4.78, 5) is 2.24. The van der Waals surface area contributed by atoms with E-state index < -0.39 is 0 Å². The molecule has 0 radical (unpaired) electrons. The minimum absolute atomic E-state index is 0.101. The van der Waals surface area contributed by atoms with Crippen molar-refractivity contribution < 1.29 is 4.39 Å². The third-order valence-corrected chi connectivity index (χ3v) is 4.12. The van der Waals surface area contributed by atoms with E-state index in [1.807, 2.05) is 12.1 Å². The monoisotopic (exact) mass is 264 g/mol. The topological polar surface area (TPSA) is 15.3 Å². The quantitative estimate of drug-likeness (QED) is 0.758. The lowest BCUT2D eigenvalue weighted by Gasteiger charge is -2.29. The lowest BCUT2D eigenvalue weighted by molar-refractivity contribution is 0.572. The predicted molar refractivity (Wildman–Crippen MR) is 79.0 cm³/mol. The maximum absolute atomic E-state index is 14.1. The minimum Gasteiger partial charge on any atom is -0.371 e. The molecule has 1 aliphatic rings. The highest BCUT2D eigenvalue weighted by Gasteiger charge is 2.31. The van der Waals surface area contributed by atoms with Gasteiger partial charge in [0.05, 0.1) is 0 Å². The van der Waals surface area contributed by atoms with Gasteiger partial charge in [0.2, 0.25) is 0 Å². The number of halogens is 1. The number of nitrogens with zero attached hydrogens (tertiary/aromatic N) is 1. The Kier molecular flexibility index (Phi) is 4.81. The van der Waals surface area contributed by atoms with Crippen molar-refractivity contribution in [3.8, 4) is 0 Å². The van der Waals surface area contributed by atoms with Gasteiger partial charge in [-0.2, -0.15) is 0 Å². The fourth-order valence-electron chi connectivity index (χ4n) is 2.56. The largest absolute Gasteiger partial charge is 0.371 e. The highest BCUT2D eigenvalue weighted by Crippen LogP contribution is 2.37. The Bertz CT molecular complexity index is 415. The molecule has 1 atom stereocenters. The molecule has 0 aliphatic heterocycles. The van der Waals surface area contributed by atoms with E-state index in [2.05, 4.69) is 31.1 Å². The molecule has 1 aromatic carbocycles. The fraction of sp³-hybridized carbons (Fsp3) is 0.625. The molecule has 0 aromatic heterocycles. The second-order valence-electron chi connectivity index (χ2n) is 5.60. The van der Waals surface area contributed by atoms with Crippen LogP contribution in [-0.4, -0.2) is 19.6 Å². The summed E-state index contributed by atoms with van der Waals surface area (Å²) in [6, 6.07) is 5.89. The van der Waals surface area contributed by atoms with Crippen LogP contribution in [0.25, 0.3) is 0 Å². The van der Waals surface area contributed by atoms with Gasteiger partial charge in [0.25, 0.3) is 0 Å². The van der Waals surface area contributed by atoms with Crippen LogP contribution in [0.1, 0.15) is 38.7 Å². The third-order valence-electron chi connectivity index (χ3n) is 4.12. The number of rotatable bonds is 7. The molecule has 0 amide bonds. The number of nitrogens with one attached hydrogen (secondary N) is 1. The highest BCUT2D eigenvalue weighted by atomic mass is 19.1. The molecule has 2 nitrogen and oxygen atoms in total. The van der Waals surface area contributed by atoms with Crippen molar-refractivity contribution in [1.29, 1.82) is 0 Å². The average Bonchev–Trinajstić information content (AvgIpc) is 3.23. The zero-order chi connectivity index (χ0) is 13.8. The Balaban J connectivity index is 2.15. The summed E-state index contributed by atoms with van der Waals surface area (Å²) in [5.74, 6) is 0.681. The first-order chi connectivity index (χ1) is 9.15. The number of hydrogen-bond acceptors (Lipinski definition) is 2. The number of benzene rings is 1. The lowest BCUT2D eigenvalue weighted by atomic mass is 10.1. The fourth-order valence-corrected chi connectivity index (χ4v) is 2.56. The molecule has 0 heterocycles. The smallest absolute Gasteiger partial charge is 0.129 e. The Morgan fingerprint density at radius 3 is 2.79 bits per heavy atom. The molecular weight excluding hydrogens is 239 g/mol. The molecule has 1 aromatic rings. The molecular formula is C16H25FN2. The van der Waals surface area contributed by atoms with Crippen LogP contribution in [0.4, 0.5) is 10.1 Å². The zero-order valence-corrected chi connectivity index (χ0v) is 12.2. The van der Waals surface area contributed by atoms with Gasteiger partial charge in [-0.25, -0.2) is 4.39 Å². The summed E-state index contributed by atoms with van der Waals surface area (Å²) in [7, 11) is 2.08. The van der Waals surface area contributed by atoms with E-state index in [-0.39, 0.29) is 5.82 Å². The molecule has 1 aliphatic carbocycles. The summed E-state index contributed by atoms with van der Waals surface area (Å²) < 4.78 is 14.1. The predicted octanol–water partition coefficient (Wildman–Crippen LogP) is 3.56. The van der Waals surface area contributed by atoms with Crippen molar-refractivity contribution in [1.82, 2.24) is 5.32 Å². The van der Waals surface area contributed by atoms with Gasteiger partial charge < -0.3 is 10.2 Å². The molecule has 2 rings (SSSR count). The zero-order valence-electron chi connectivity index (χ0n) is 12.2.